The number of amides is 1. The van der Waals surface area contributed by atoms with E-state index in [4.69, 9.17) is 16.3 Å². The first-order valence-electron chi connectivity index (χ1n) is 5.13. The van der Waals surface area contributed by atoms with Crippen molar-refractivity contribution in [2.75, 3.05) is 19.0 Å². The van der Waals surface area contributed by atoms with Gasteiger partial charge in [0.15, 0.2) is 0 Å². The Morgan fingerprint density at radius 2 is 2.43 bits per heavy atom. The Hall–Kier alpha value is -0.280. The Morgan fingerprint density at radius 3 is 3.00 bits per heavy atom. The number of carbonyl (C=O) groups is 1. The van der Waals surface area contributed by atoms with E-state index in [9.17, 15) is 4.79 Å². The first-order valence-corrected chi connectivity index (χ1v) is 5.66. The highest BCUT2D eigenvalue weighted by Crippen LogP contribution is 2.23. The summed E-state index contributed by atoms with van der Waals surface area (Å²) >= 11 is 5.50. The zero-order valence-corrected chi connectivity index (χ0v) is 9.40. The highest BCUT2D eigenvalue weighted by Gasteiger charge is 2.29. The predicted molar refractivity (Wildman–Crippen MR) is 56.6 cm³/mol. The largest absolute Gasteiger partial charge is 0.373 e. The van der Waals surface area contributed by atoms with E-state index in [1.54, 1.807) is 0 Å². The van der Waals surface area contributed by atoms with Crippen LogP contribution in [0.3, 0.4) is 0 Å². The van der Waals surface area contributed by atoms with Gasteiger partial charge in [0.1, 0.15) is 0 Å². The van der Waals surface area contributed by atoms with E-state index in [1.807, 2.05) is 6.92 Å². The summed E-state index contributed by atoms with van der Waals surface area (Å²) in [7, 11) is 0. The van der Waals surface area contributed by atoms with Crippen LogP contribution in [0.4, 0.5) is 0 Å². The van der Waals surface area contributed by atoms with Crippen molar-refractivity contribution in [2.24, 2.45) is 0 Å². The van der Waals surface area contributed by atoms with Crippen LogP contribution < -0.4 is 5.32 Å². The summed E-state index contributed by atoms with van der Waals surface area (Å²) in [6, 6.07) is 0. The Balaban J connectivity index is 2.15. The van der Waals surface area contributed by atoms with E-state index < -0.39 is 0 Å². The van der Waals surface area contributed by atoms with Crippen LogP contribution in [-0.2, 0) is 9.53 Å². The van der Waals surface area contributed by atoms with E-state index >= 15 is 0 Å². The molecule has 1 N–H and O–H groups in total. The minimum absolute atomic E-state index is 0.0716. The normalized spacial score (nSPS) is 26.4. The molecule has 0 radical (unpaired) electrons. The summed E-state index contributed by atoms with van der Waals surface area (Å²) in [5.41, 5.74) is -0.142. The third-order valence-corrected chi connectivity index (χ3v) is 2.76. The number of nitrogens with one attached hydrogen (secondary N) is 1. The fourth-order valence-corrected chi connectivity index (χ4v) is 1.71. The Kier molecular flexibility index (Phi) is 4.69. The summed E-state index contributed by atoms with van der Waals surface area (Å²) < 4.78 is 5.55. The van der Waals surface area contributed by atoms with Crippen molar-refractivity contribution in [2.45, 2.75) is 38.2 Å². The molecule has 82 valence electrons. The zero-order valence-electron chi connectivity index (χ0n) is 8.64. The SMILES string of the molecule is CC1(CNC(=O)CCCCl)CCCO1. The second kappa shape index (κ2) is 5.56. The number of hydrogen-bond donors (Lipinski definition) is 1. The molecule has 1 heterocycles. The fraction of sp³-hybridized carbons (Fsp3) is 0.900. The number of rotatable bonds is 5. The number of ether oxygens (including phenoxy) is 1. The molecule has 0 aromatic rings. The van der Waals surface area contributed by atoms with E-state index in [0.717, 1.165) is 25.9 Å². The van der Waals surface area contributed by atoms with Crippen LogP contribution in [-0.4, -0.2) is 30.5 Å². The molecule has 0 aliphatic carbocycles. The van der Waals surface area contributed by atoms with Gasteiger partial charge < -0.3 is 10.1 Å². The lowest BCUT2D eigenvalue weighted by Gasteiger charge is -2.23. The molecule has 4 heteroatoms. The Labute approximate surface area is 90.1 Å². The topological polar surface area (TPSA) is 38.3 Å². The van der Waals surface area contributed by atoms with Gasteiger partial charge in [-0.05, 0) is 26.2 Å². The average Bonchev–Trinajstić information content (AvgIpc) is 2.60. The van der Waals surface area contributed by atoms with Crippen LogP contribution in [0.1, 0.15) is 32.6 Å². The maximum absolute atomic E-state index is 11.3. The highest BCUT2D eigenvalue weighted by molar-refractivity contribution is 6.17. The number of carbonyl (C=O) groups excluding carboxylic acids is 1. The van der Waals surface area contributed by atoms with Crippen molar-refractivity contribution in [3.05, 3.63) is 0 Å². The van der Waals surface area contributed by atoms with Gasteiger partial charge in [0.25, 0.3) is 0 Å². The number of hydrogen-bond acceptors (Lipinski definition) is 2. The van der Waals surface area contributed by atoms with Crippen LogP contribution in [0.2, 0.25) is 0 Å². The van der Waals surface area contributed by atoms with Gasteiger partial charge >= 0.3 is 0 Å². The summed E-state index contributed by atoms with van der Waals surface area (Å²) in [4.78, 5) is 11.3. The first kappa shape index (κ1) is 11.8. The van der Waals surface area contributed by atoms with Crippen LogP contribution >= 0.6 is 11.6 Å². The summed E-state index contributed by atoms with van der Waals surface area (Å²) in [5.74, 6) is 0.614. The van der Waals surface area contributed by atoms with Gasteiger partial charge in [-0.3, -0.25) is 4.79 Å². The third kappa shape index (κ3) is 3.84. The Morgan fingerprint density at radius 1 is 1.64 bits per heavy atom. The van der Waals surface area contributed by atoms with E-state index in [-0.39, 0.29) is 11.5 Å². The summed E-state index contributed by atoms with van der Waals surface area (Å²) in [5, 5.41) is 2.88. The second-order valence-electron chi connectivity index (χ2n) is 3.97. The molecule has 0 saturated carbocycles. The summed E-state index contributed by atoms with van der Waals surface area (Å²) in [6.07, 6.45) is 3.38. The number of halogens is 1. The van der Waals surface area contributed by atoms with Crippen molar-refractivity contribution in [1.29, 1.82) is 0 Å². The van der Waals surface area contributed by atoms with E-state index in [0.29, 0.717) is 18.8 Å². The minimum Gasteiger partial charge on any atom is -0.373 e. The van der Waals surface area contributed by atoms with Crippen LogP contribution in [0.15, 0.2) is 0 Å². The molecule has 0 bridgehead atoms. The minimum atomic E-state index is -0.142. The molecule has 1 aliphatic rings. The molecule has 0 aromatic heterocycles. The molecule has 1 fully saturated rings. The molecule has 1 aliphatic heterocycles. The lowest BCUT2D eigenvalue weighted by atomic mass is 10.0. The fourth-order valence-electron chi connectivity index (χ4n) is 1.58. The van der Waals surface area contributed by atoms with Crippen molar-refractivity contribution in [1.82, 2.24) is 5.32 Å². The molecule has 1 atom stereocenters. The first-order chi connectivity index (χ1) is 6.66. The van der Waals surface area contributed by atoms with Crippen LogP contribution in [0, 0.1) is 0 Å². The molecule has 0 spiro atoms. The van der Waals surface area contributed by atoms with Crippen molar-refractivity contribution < 1.29 is 9.53 Å². The van der Waals surface area contributed by atoms with Gasteiger partial charge in [-0.2, -0.15) is 0 Å². The average molecular weight is 220 g/mol. The third-order valence-electron chi connectivity index (χ3n) is 2.50. The smallest absolute Gasteiger partial charge is 0.220 e. The van der Waals surface area contributed by atoms with Gasteiger partial charge in [0.2, 0.25) is 5.91 Å². The van der Waals surface area contributed by atoms with Crippen LogP contribution in [0.25, 0.3) is 0 Å². The number of alkyl halides is 1. The molecule has 1 saturated heterocycles. The standard InChI is InChI=1S/C10H18ClNO2/c1-10(5-3-7-14-10)8-12-9(13)4-2-6-11/h2-8H2,1H3,(H,12,13). The monoisotopic (exact) mass is 219 g/mol. The van der Waals surface area contributed by atoms with Crippen molar-refractivity contribution in [3.8, 4) is 0 Å². The van der Waals surface area contributed by atoms with Crippen molar-refractivity contribution in [3.63, 3.8) is 0 Å². The molecule has 3 nitrogen and oxygen atoms in total. The van der Waals surface area contributed by atoms with Crippen LogP contribution in [0.5, 0.6) is 0 Å². The second-order valence-corrected chi connectivity index (χ2v) is 4.35. The zero-order chi connectivity index (χ0) is 10.4. The van der Waals surface area contributed by atoms with Gasteiger partial charge in [-0.25, -0.2) is 0 Å². The lowest BCUT2D eigenvalue weighted by Crippen LogP contribution is -2.40. The van der Waals surface area contributed by atoms with E-state index in [1.165, 1.54) is 0 Å². The molecule has 0 aromatic carbocycles. The van der Waals surface area contributed by atoms with Gasteiger partial charge in [-0.1, -0.05) is 0 Å². The predicted octanol–water partition coefficient (Wildman–Crippen LogP) is 1.69. The molecular formula is C10H18ClNO2. The molecule has 14 heavy (non-hydrogen) atoms. The Bertz CT molecular complexity index is 191. The molecule has 1 rings (SSSR count). The quantitative estimate of drug-likeness (QED) is 0.715. The maximum atomic E-state index is 11.3. The van der Waals surface area contributed by atoms with Gasteiger partial charge in [0.05, 0.1) is 5.60 Å². The summed E-state index contributed by atoms with van der Waals surface area (Å²) in [6.45, 7) is 3.48. The van der Waals surface area contributed by atoms with E-state index in [2.05, 4.69) is 5.32 Å². The lowest BCUT2D eigenvalue weighted by molar-refractivity contribution is -0.122. The molecule has 1 amide bonds. The van der Waals surface area contributed by atoms with Gasteiger partial charge in [-0.15, -0.1) is 11.6 Å². The molecular weight excluding hydrogens is 202 g/mol. The van der Waals surface area contributed by atoms with Gasteiger partial charge in [0, 0.05) is 25.5 Å². The highest BCUT2D eigenvalue weighted by atomic mass is 35.5. The molecule has 1 unspecified atom stereocenters. The van der Waals surface area contributed by atoms with Crippen molar-refractivity contribution >= 4 is 17.5 Å². The maximum Gasteiger partial charge on any atom is 0.220 e.